The van der Waals surface area contributed by atoms with Crippen LogP contribution < -0.4 is 15.8 Å². The molecule has 0 spiro atoms. The number of hydrogen-bond acceptors (Lipinski definition) is 9. The van der Waals surface area contributed by atoms with Crippen molar-refractivity contribution in [2.75, 3.05) is 83.7 Å². The Balaban J connectivity index is 1.33. The molecule has 2 rings (SSSR count). The number of nitrogen functional groups attached to an aromatic ring is 1. The maximum atomic E-state index is 12.1. The monoisotopic (exact) mass is 504 g/mol. The van der Waals surface area contributed by atoms with E-state index < -0.39 is 0 Å². The number of hydrogen-bond donors (Lipinski definition) is 2. The minimum absolute atomic E-state index is 0.197. The topological polar surface area (TPSA) is 111 Å². The summed E-state index contributed by atoms with van der Waals surface area (Å²) in [7, 11) is 0. The first kappa shape index (κ1) is 29.4. The fourth-order valence-electron chi connectivity index (χ4n) is 2.99. The molecule has 9 nitrogen and oxygen atoms in total. The van der Waals surface area contributed by atoms with Crippen LogP contribution in [0.5, 0.6) is 5.75 Å². The normalized spacial score (nSPS) is 10.8. The quantitative estimate of drug-likeness (QED) is 0.149. The van der Waals surface area contributed by atoms with E-state index in [0.29, 0.717) is 76.5 Å². The van der Waals surface area contributed by atoms with Crippen molar-refractivity contribution in [2.24, 2.45) is 0 Å². The number of unbranched alkanes of at least 4 members (excludes halogenated alkanes) is 1. The van der Waals surface area contributed by atoms with Crippen LogP contribution >= 0.6 is 0 Å². The first-order chi connectivity index (χ1) is 17.7. The van der Waals surface area contributed by atoms with Crippen LogP contribution in [0.2, 0.25) is 0 Å². The zero-order valence-electron chi connectivity index (χ0n) is 21.2. The van der Waals surface area contributed by atoms with E-state index in [1.165, 1.54) is 0 Å². The lowest BCUT2D eigenvalue weighted by atomic mass is 10.2. The number of carbonyl (C=O) groups excluding carboxylic acids is 1. The summed E-state index contributed by atoms with van der Waals surface area (Å²) in [5.41, 5.74) is 7.94. The van der Waals surface area contributed by atoms with Crippen LogP contribution in [0.3, 0.4) is 0 Å². The highest BCUT2D eigenvalue weighted by molar-refractivity contribution is 5.89. The fourth-order valence-corrected chi connectivity index (χ4v) is 2.99. The van der Waals surface area contributed by atoms with Gasteiger partial charge < -0.3 is 39.5 Å². The zero-order chi connectivity index (χ0) is 25.7. The third kappa shape index (κ3) is 13.3. The third-order valence-electron chi connectivity index (χ3n) is 4.96. The zero-order valence-corrected chi connectivity index (χ0v) is 21.2. The second-order valence-corrected chi connectivity index (χ2v) is 7.83. The molecule has 0 aromatic heterocycles. The first-order valence-electron chi connectivity index (χ1n) is 12.5. The largest absolute Gasteiger partial charge is 0.489 e. The van der Waals surface area contributed by atoms with Gasteiger partial charge in [-0.15, -0.1) is 0 Å². The lowest BCUT2D eigenvalue weighted by molar-refractivity contribution is -0.0107. The Morgan fingerprint density at radius 3 is 1.89 bits per heavy atom. The summed E-state index contributed by atoms with van der Waals surface area (Å²) in [4.78, 5) is 12.1. The Hall–Kier alpha value is -2.85. The highest BCUT2D eigenvalue weighted by atomic mass is 16.6. The average molecular weight is 505 g/mol. The SMILES string of the molecule is CCCCNc1ccc(C(=O)OCCOCCOCCOCCOCCOc2ccccc2N)cc1. The third-order valence-corrected chi connectivity index (χ3v) is 4.96. The predicted octanol–water partition coefficient (Wildman–Crippen LogP) is 3.78. The van der Waals surface area contributed by atoms with Crippen molar-refractivity contribution in [1.82, 2.24) is 0 Å². The second kappa shape index (κ2) is 19.4. The molecule has 2 aromatic carbocycles. The molecule has 0 bridgehead atoms. The molecule has 0 aliphatic rings. The van der Waals surface area contributed by atoms with Crippen LogP contribution in [0.25, 0.3) is 0 Å². The van der Waals surface area contributed by atoms with E-state index in [4.69, 9.17) is 34.2 Å². The van der Waals surface area contributed by atoms with E-state index in [9.17, 15) is 4.79 Å². The summed E-state index contributed by atoms with van der Waals surface area (Å²) in [5, 5.41) is 3.31. The molecule has 0 fully saturated rings. The number of anilines is 2. The highest BCUT2D eigenvalue weighted by Gasteiger charge is 2.06. The average Bonchev–Trinajstić information content (AvgIpc) is 2.90. The van der Waals surface area contributed by atoms with Gasteiger partial charge in [-0.25, -0.2) is 4.79 Å². The van der Waals surface area contributed by atoms with Crippen LogP contribution in [0.15, 0.2) is 48.5 Å². The molecular weight excluding hydrogens is 464 g/mol. The number of benzene rings is 2. The van der Waals surface area contributed by atoms with Gasteiger partial charge in [-0.1, -0.05) is 25.5 Å². The van der Waals surface area contributed by atoms with E-state index >= 15 is 0 Å². The van der Waals surface area contributed by atoms with Gasteiger partial charge in [0.2, 0.25) is 0 Å². The molecule has 0 unspecified atom stereocenters. The van der Waals surface area contributed by atoms with Crippen molar-refractivity contribution >= 4 is 17.3 Å². The molecule has 9 heteroatoms. The van der Waals surface area contributed by atoms with Gasteiger partial charge >= 0.3 is 5.97 Å². The van der Waals surface area contributed by atoms with Gasteiger partial charge in [-0.3, -0.25) is 0 Å². The molecule has 0 radical (unpaired) electrons. The van der Waals surface area contributed by atoms with Crippen molar-refractivity contribution in [1.29, 1.82) is 0 Å². The molecule has 0 amide bonds. The van der Waals surface area contributed by atoms with Crippen LogP contribution in [-0.2, 0) is 23.7 Å². The molecule has 0 atom stereocenters. The summed E-state index contributed by atoms with van der Waals surface area (Å²) in [6, 6.07) is 14.6. The molecule has 0 saturated carbocycles. The Morgan fingerprint density at radius 1 is 0.750 bits per heavy atom. The molecule has 0 aliphatic heterocycles. The second-order valence-electron chi connectivity index (χ2n) is 7.83. The van der Waals surface area contributed by atoms with Crippen LogP contribution in [0, 0.1) is 0 Å². The van der Waals surface area contributed by atoms with Crippen molar-refractivity contribution in [3.63, 3.8) is 0 Å². The molecule has 2 aromatic rings. The van der Waals surface area contributed by atoms with E-state index in [1.54, 1.807) is 18.2 Å². The number of ether oxygens (including phenoxy) is 6. The van der Waals surface area contributed by atoms with E-state index in [2.05, 4.69) is 12.2 Å². The van der Waals surface area contributed by atoms with Gasteiger partial charge in [0.15, 0.2) is 0 Å². The Bertz CT molecular complexity index is 833. The van der Waals surface area contributed by atoms with Crippen molar-refractivity contribution < 1.29 is 33.2 Å². The summed E-state index contributed by atoms with van der Waals surface area (Å²) >= 11 is 0. The number of esters is 1. The lowest BCUT2D eigenvalue weighted by Gasteiger charge is -2.10. The first-order valence-corrected chi connectivity index (χ1v) is 12.5. The summed E-state index contributed by atoms with van der Waals surface area (Å²) in [5.74, 6) is 0.306. The predicted molar refractivity (Wildman–Crippen MR) is 140 cm³/mol. The van der Waals surface area contributed by atoms with Crippen LogP contribution in [-0.4, -0.2) is 78.6 Å². The Morgan fingerprint density at radius 2 is 1.31 bits per heavy atom. The molecule has 0 heterocycles. The van der Waals surface area contributed by atoms with Crippen LogP contribution in [0.1, 0.15) is 30.1 Å². The molecule has 3 N–H and O–H groups in total. The number of rotatable bonds is 21. The molecule has 200 valence electrons. The minimum atomic E-state index is -0.357. The summed E-state index contributed by atoms with van der Waals surface area (Å²) < 4.78 is 32.5. The fraction of sp³-hybridized carbons (Fsp3) is 0.519. The molecule has 0 saturated heterocycles. The Kier molecular flexibility index (Phi) is 15.8. The maximum absolute atomic E-state index is 12.1. The van der Waals surface area contributed by atoms with Gasteiger partial charge in [0.1, 0.15) is 19.0 Å². The summed E-state index contributed by atoms with van der Waals surface area (Å²) in [6.45, 7) is 7.26. The summed E-state index contributed by atoms with van der Waals surface area (Å²) in [6.07, 6.45) is 2.25. The van der Waals surface area contributed by atoms with Crippen molar-refractivity contribution in [3.05, 3.63) is 54.1 Å². The smallest absolute Gasteiger partial charge is 0.338 e. The van der Waals surface area contributed by atoms with E-state index in [-0.39, 0.29) is 12.6 Å². The highest BCUT2D eigenvalue weighted by Crippen LogP contribution is 2.19. The van der Waals surface area contributed by atoms with Gasteiger partial charge in [0.05, 0.1) is 64.1 Å². The van der Waals surface area contributed by atoms with Crippen molar-refractivity contribution in [3.8, 4) is 5.75 Å². The number of nitrogens with two attached hydrogens (primary N) is 1. The lowest BCUT2D eigenvalue weighted by Crippen LogP contribution is -2.15. The van der Waals surface area contributed by atoms with Gasteiger partial charge in [-0.2, -0.15) is 0 Å². The van der Waals surface area contributed by atoms with Crippen LogP contribution in [0.4, 0.5) is 11.4 Å². The number of para-hydroxylation sites is 2. The number of carbonyl (C=O) groups is 1. The Labute approximate surface area is 214 Å². The van der Waals surface area contributed by atoms with Gasteiger partial charge in [0, 0.05) is 12.2 Å². The molecular formula is C27H40N2O7. The van der Waals surface area contributed by atoms with E-state index in [0.717, 1.165) is 25.1 Å². The van der Waals surface area contributed by atoms with E-state index in [1.807, 2.05) is 30.3 Å². The van der Waals surface area contributed by atoms with Crippen molar-refractivity contribution in [2.45, 2.75) is 19.8 Å². The van der Waals surface area contributed by atoms with Gasteiger partial charge in [0.25, 0.3) is 0 Å². The maximum Gasteiger partial charge on any atom is 0.338 e. The molecule has 0 aliphatic carbocycles. The minimum Gasteiger partial charge on any atom is -0.489 e. The number of nitrogens with one attached hydrogen (secondary N) is 1. The molecule has 36 heavy (non-hydrogen) atoms. The van der Waals surface area contributed by atoms with Gasteiger partial charge in [-0.05, 0) is 42.8 Å². The standard InChI is InChI=1S/C27H40N2O7/c1-2-3-12-29-24-10-8-23(9-11-24)27(30)36-22-20-34-18-16-32-14-13-31-15-17-33-19-21-35-26-7-5-4-6-25(26)28/h4-11,29H,2-3,12-22,28H2,1H3.